The second-order valence-corrected chi connectivity index (χ2v) is 12.3. The van der Waals surface area contributed by atoms with Crippen molar-refractivity contribution in [1.29, 1.82) is 0 Å². The SMILES string of the molecule is OC(c1nccs1)C1CN2CCCCCCCCCCCCCCCCCCCCCC1CC2. The van der Waals surface area contributed by atoms with Crippen LogP contribution < -0.4 is 0 Å². The number of aliphatic hydroxyl groups is 1. The fourth-order valence-corrected chi connectivity index (χ4v) is 7.03. The molecule has 3 saturated heterocycles. The van der Waals surface area contributed by atoms with Gasteiger partial charge in [-0.05, 0) is 38.3 Å². The highest BCUT2D eigenvalue weighted by molar-refractivity contribution is 7.09. The van der Waals surface area contributed by atoms with Crippen LogP contribution in [0.25, 0.3) is 0 Å². The maximum absolute atomic E-state index is 11.2. The van der Waals surface area contributed by atoms with Gasteiger partial charge in [0.1, 0.15) is 11.1 Å². The largest absolute Gasteiger partial charge is 0.386 e. The quantitative estimate of drug-likeness (QED) is 0.449. The number of rotatable bonds is 2. The molecule has 3 nitrogen and oxygen atoms in total. The van der Waals surface area contributed by atoms with E-state index in [-0.39, 0.29) is 6.10 Å². The summed E-state index contributed by atoms with van der Waals surface area (Å²) in [4.78, 5) is 7.13. The maximum Gasteiger partial charge on any atom is 0.121 e. The molecule has 1 aromatic rings. The summed E-state index contributed by atoms with van der Waals surface area (Å²) in [5.41, 5.74) is 0. The zero-order chi connectivity index (χ0) is 23.7. The molecule has 1 N–H and O–H groups in total. The van der Waals surface area contributed by atoms with Crippen molar-refractivity contribution in [3.8, 4) is 0 Å². The average molecular weight is 491 g/mol. The molecule has 1 aromatic heterocycles. The van der Waals surface area contributed by atoms with Gasteiger partial charge in [-0.1, -0.05) is 116 Å². The highest BCUT2D eigenvalue weighted by Crippen LogP contribution is 2.37. The molecular formula is C30H54N2OS. The summed E-state index contributed by atoms with van der Waals surface area (Å²) in [5.74, 6) is 1.01. The number of thiazole rings is 1. The van der Waals surface area contributed by atoms with Crippen molar-refractivity contribution in [2.24, 2.45) is 11.8 Å². The minimum Gasteiger partial charge on any atom is -0.386 e. The molecule has 0 saturated carbocycles. The Morgan fingerprint density at radius 3 is 1.68 bits per heavy atom. The molecule has 0 aliphatic carbocycles. The van der Waals surface area contributed by atoms with E-state index in [1.807, 2.05) is 11.6 Å². The summed E-state index contributed by atoms with van der Waals surface area (Å²) < 4.78 is 0. The van der Waals surface area contributed by atoms with Crippen LogP contribution in [0.15, 0.2) is 11.6 Å². The third-order valence-electron chi connectivity index (χ3n) is 8.55. The fourth-order valence-electron chi connectivity index (χ4n) is 6.33. The lowest BCUT2D eigenvalue weighted by Crippen LogP contribution is -2.43. The summed E-state index contributed by atoms with van der Waals surface area (Å²) in [7, 11) is 0. The van der Waals surface area contributed by atoms with Crippen molar-refractivity contribution >= 4 is 11.3 Å². The minimum absolute atomic E-state index is 0.356. The first-order valence-corrected chi connectivity index (χ1v) is 16.0. The van der Waals surface area contributed by atoms with Crippen LogP contribution in [0.5, 0.6) is 0 Å². The van der Waals surface area contributed by atoms with Crippen LogP contribution in [0.2, 0.25) is 0 Å². The Labute approximate surface area is 215 Å². The normalized spacial score (nSPS) is 29.6. The van der Waals surface area contributed by atoms with Gasteiger partial charge >= 0.3 is 0 Å². The van der Waals surface area contributed by atoms with Crippen molar-refractivity contribution in [2.45, 2.75) is 141 Å². The molecule has 4 heteroatoms. The summed E-state index contributed by atoms with van der Waals surface area (Å²) in [6, 6.07) is 0. The van der Waals surface area contributed by atoms with E-state index in [4.69, 9.17) is 0 Å². The molecule has 3 fully saturated rings. The third kappa shape index (κ3) is 11.1. The lowest BCUT2D eigenvalue weighted by molar-refractivity contribution is 0.00760. The Hall–Kier alpha value is -0.450. The Morgan fingerprint density at radius 2 is 1.18 bits per heavy atom. The number of piperidine rings is 1. The van der Waals surface area contributed by atoms with Gasteiger partial charge in [0.25, 0.3) is 0 Å². The molecule has 4 heterocycles. The molecule has 34 heavy (non-hydrogen) atoms. The number of hydrogen-bond donors (Lipinski definition) is 1. The summed E-state index contributed by atoms with van der Waals surface area (Å²) in [6.07, 6.45) is 31.1. The highest BCUT2D eigenvalue weighted by atomic mass is 32.1. The van der Waals surface area contributed by atoms with E-state index in [0.717, 1.165) is 11.6 Å². The molecule has 4 atom stereocenters. The molecule has 0 amide bonds. The Morgan fingerprint density at radius 1 is 0.676 bits per heavy atom. The van der Waals surface area contributed by atoms with E-state index in [0.29, 0.717) is 11.8 Å². The van der Waals surface area contributed by atoms with Gasteiger partial charge in [0, 0.05) is 24.0 Å². The zero-order valence-corrected chi connectivity index (χ0v) is 22.9. The fraction of sp³-hybridized carbons (Fsp3) is 0.900. The molecule has 3 aliphatic rings. The number of aliphatic hydroxyl groups excluding tert-OH is 1. The smallest absolute Gasteiger partial charge is 0.121 e. The molecule has 196 valence electrons. The molecule has 4 unspecified atom stereocenters. The van der Waals surface area contributed by atoms with Crippen molar-refractivity contribution in [3.05, 3.63) is 16.6 Å². The molecule has 3 aliphatic heterocycles. The number of aromatic nitrogens is 1. The molecule has 0 radical (unpaired) electrons. The second kappa shape index (κ2) is 17.9. The Bertz CT molecular complexity index is 589. The Balaban J connectivity index is 1.46. The molecular weight excluding hydrogens is 436 g/mol. The first kappa shape index (κ1) is 28.1. The minimum atomic E-state index is -0.379. The van der Waals surface area contributed by atoms with Gasteiger partial charge in [-0.3, -0.25) is 0 Å². The summed E-state index contributed by atoms with van der Waals surface area (Å²) in [5, 5.41) is 14.1. The van der Waals surface area contributed by atoms with E-state index >= 15 is 0 Å². The summed E-state index contributed by atoms with van der Waals surface area (Å²) in [6.45, 7) is 3.50. The number of hydrogen-bond acceptors (Lipinski definition) is 4. The van der Waals surface area contributed by atoms with E-state index < -0.39 is 0 Å². The van der Waals surface area contributed by atoms with E-state index in [9.17, 15) is 5.11 Å². The van der Waals surface area contributed by atoms with Crippen molar-refractivity contribution in [2.75, 3.05) is 19.6 Å². The summed E-state index contributed by atoms with van der Waals surface area (Å²) >= 11 is 1.63. The zero-order valence-electron chi connectivity index (χ0n) is 22.1. The van der Waals surface area contributed by atoms with Gasteiger partial charge in [0.2, 0.25) is 0 Å². The molecule has 4 rings (SSSR count). The second-order valence-electron chi connectivity index (χ2n) is 11.3. The molecule has 0 spiro atoms. The lowest BCUT2D eigenvalue weighted by atomic mass is 9.78. The molecule has 2 bridgehead atoms. The van der Waals surface area contributed by atoms with E-state index in [2.05, 4.69) is 9.88 Å². The topological polar surface area (TPSA) is 36.4 Å². The lowest BCUT2D eigenvalue weighted by Gasteiger charge is -2.40. The van der Waals surface area contributed by atoms with Crippen LogP contribution in [-0.4, -0.2) is 34.6 Å². The van der Waals surface area contributed by atoms with Crippen LogP contribution >= 0.6 is 11.3 Å². The monoisotopic (exact) mass is 490 g/mol. The van der Waals surface area contributed by atoms with Crippen LogP contribution in [-0.2, 0) is 0 Å². The van der Waals surface area contributed by atoms with Gasteiger partial charge < -0.3 is 10.0 Å². The predicted molar refractivity (Wildman–Crippen MR) is 147 cm³/mol. The standard InChI is InChI=1S/C30H54N2OS/c33-29(30-31-22-25-34-30)28-26-32-23-19-17-15-13-11-9-7-5-3-1-2-4-6-8-10-12-14-16-18-20-27(28)21-24-32/h22,25,27-29,33H,1-21,23-24,26H2. The van der Waals surface area contributed by atoms with Crippen LogP contribution in [0.1, 0.15) is 146 Å². The van der Waals surface area contributed by atoms with Crippen LogP contribution in [0.3, 0.4) is 0 Å². The highest BCUT2D eigenvalue weighted by Gasteiger charge is 2.35. The Kier molecular flexibility index (Phi) is 14.8. The first-order chi connectivity index (χ1) is 16.8. The van der Waals surface area contributed by atoms with Crippen molar-refractivity contribution in [1.82, 2.24) is 9.88 Å². The van der Waals surface area contributed by atoms with Crippen LogP contribution in [0.4, 0.5) is 0 Å². The van der Waals surface area contributed by atoms with Gasteiger partial charge in [0.15, 0.2) is 0 Å². The van der Waals surface area contributed by atoms with Gasteiger partial charge in [-0.25, -0.2) is 4.98 Å². The number of nitrogens with zero attached hydrogens (tertiary/aromatic N) is 2. The molecule has 0 aromatic carbocycles. The first-order valence-electron chi connectivity index (χ1n) is 15.1. The van der Waals surface area contributed by atoms with Gasteiger partial charge in [-0.2, -0.15) is 0 Å². The van der Waals surface area contributed by atoms with Gasteiger partial charge in [-0.15, -0.1) is 11.3 Å². The predicted octanol–water partition coefficient (Wildman–Crippen LogP) is 8.93. The van der Waals surface area contributed by atoms with Crippen molar-refractivity contribution < 1.29 is 5.11 Å². The van der Waals surface area contributed by atoms with Crippen molar-refractivity contribution in [3.63, 3.8) is 0 Å². The maximum atomic E-state index is 11.2. The van der Waals surface area contributed by atoms with E-state index in [1.165, 1.54) is 148 Å². The van der Waals surface area contributed by atoms with Crippen LogP contribution in [0, 0.1) is 11.8 Å². The number of fused-ring (bicyclic) bond motifs is 22. The third-order valence-corrected chi connectivity index (χ3v) is 9.40. The van der Waals surface area contributed by atoms with Gasteiger partial charge in [0.05, 0.1) is 0 Å². The van der Waals surface area contributed by atoms with E-state index in [1.54, 1.807) is 11.3 Å². The average Bonchev–Trinajstić information content (AvgIpc) is 3.39.